The van der Waals surface area contributed by atoms with Crippen molar-refractivity contribution in [1.29, 1.82) is 0 Å². The largest absolute Gasteiger partial charge is 0.377 e. The van der Waals surface area contributed by atoms with E-state index in [-0.39, 0.29) is 28.2 Å². The van der Waals surface area contributed by atoms with Gasteiger partial charge < -0.3 is 5.73 Å². The maximum Gasteiger partial charge on any atom is 0.247 e. The number of pyridine rings is 1. The number of thioether (sulfide) groups is 1. The summed E-state index contributed by atoms with van der Waals surface area (Å²) in [4.78, 5) is 30.5. The van der Waals surface area contributed by atoms with Gasteiger partial charge in [-0.25, -0.2) is 4.90 Å². The molecule has 1 aromatic heterocycles. The molecule has 0 aliphatic carbocycles. The molecule has 7 nitrogen and oxygen atoms in total. The van der Waals surface area contributed by atoms with Crippen LogP contribution in [0.3, 0.4) is 0 Å². The van der Waals surface area contributed by atoms with Gasteiger partial charge in [0, 0.05) is 28.6 Å². The van der Waals surface area contributed by atoms with Gasteiger partial charge in [0.1, 0.15) is 5.25 Å². The van der Waals surface area contributed by atoms with E-state index in [1.807, 2.05) is 30.3 Å². The van der Waals surface area contributed by atoms with E-state index in [2.05, 4.69) is 15.2 Å². The van der Waals surface area contributed by atoms with E-state index in [0.717, 1.165) is 33.1 Å². The Morgan fingerprint density at radius 1 is 1.19 bits per heavy atom. The first-order chi connectivity index (χ1) is 14.9. The van der Waals surface area contributed by atoms with Gasteiger partial charge in [-0.3, -0.25) is 14.6 Å². The van der Waals surface area contributed by atoms with E-state index >= 15 is 0 Å². The molecule has 0 unspecified atom stereocenters. The number of nitrogens with zero attached hydrogens (tertiary/aromatic N) is 4. The molecule has 1 saturated heterocycles. The van der Waals surface area contributed by atoms with Gasteiger partial charge >= 0.3 is 0 Å². The van der Waals surface area contributed by atoms with Crippen molar-refractivity contribution in [3.63, 3.8) is 0 Å². The molecule has 156 valence electrons. The number of hydrogen-bond acceptors (Lipinski definition) is 6. The Bertz CT molecular complexity index is 1240. The highest BCUT2D eigenvalue weighted by atomic mass is 35.5. The average Bonchev–Trinajstić information content (AvgIpc) is 3.03. The molecule has 10 heteroatoms. The van der Waals surface area contributed by atoms with Crippen molar-refractivity contribution in [3.8, 4) is 0 Å². The minimum absolute atomic E-state index is 0.0265. The second kappa shape index (κ2) is 9.05. The predicted octanol–water partition coefficient (Wildman–Crippen LogP) is 4.26. The van der Waals surface area contributed by atoms with Crippen molar-refractivity contribution >= 4 is 74.8 Å². The second-order valence-corrected chi connectivity index (χ2v) is 8.64. The maximum absolute atomic E-state index is 12.8. The van der Waals surface area contributed by atoms with Crippen LogP contribution in [0.2, 0.25) is 10.0 Å². The molecule has 1 aliphatic rings. The maximum atomic E-state index is 12.8. The Kier molecular flexibility index (Phi) is 6.22. The lowest BCUT2D eigenvalue weighted by molar-refractivity contribution is -0.121. The summed E-state index contributed by atoms with van der Waals surface area (Å²) in [6.07, 6.45) is 3.22. The number of imide groups is 1. The van der Waals surface area contributed by atoms with Crippen LogP contribution in [0.25, 0.3) is 10.9 Å². The molecule has 0 spiro atoms. The summed E-state index contributed by atoms with van der Waals surface area (Å²) in [5.41, 5.74) is 7.86. The molecule has 4 rings (SSSR count). The lowest BCUT2D eigenvalue weighted by Gasteiger charge is -2.16. The molecule has 0 saturated carbocycles. The number of carbonyl (C=O) groups is 2. The van der Waals surface area contributed by atoms with Crippen molar-refractivity contribution in [3.05, 3.63) is 70.3 Å². The van der Waals surface area contributed by atoms with Crippen LogP contribution < -0.4 is 10.6 Å². The minimum atomic E-state index is -0.719. The topological polar surface area (TPSA) is 101 Å². The van der Waals surface area contributed by atoms with Gasteiger partial charge in [-0.05, 0) is 30.3 Å². The number of halogens is 2. The summed E-state index contributed by atoms with van der Waals surface area (Å²) in [7, 11) is 0. The summed E-state index contributed by atoms with van der Waals surface area (Å²) in [5, 5.41) is 8.89. The van der Waals surface area contributed by atoms with Crippen LogP contribution in [0.5, 0.6) is 0 Å². The van der Waals surface area contributed by atoms with Crippen LogP contribution in [0, 0.1) is 0 Å². The summed E-state index contributed by atoms with van der Waals surface area (Å²) in [6.45, 7) is 0. The second-order valence-electron chi connectivity index (χ2n) is 6.57. The summed E-state index contributed by atoms with van der Waals surface area (Å²) < 4.78 is 0. The Balaban J connectivity index is 1.48. The van der Waals surface area contributed by atoms with E-state index in [9.17, 15) is 9.59 Å². The number of amides is 2. The average molecular weight is 472 g/mol. The molecule has 0 bridgehead atoms. The Morgan fingerprint density at radius 2 is 2.00 bits per heavy atom. The van der Waals surface area contributed by atoms with E-state index in [4.69, 9.17) is 28.9 Å². The number of hydrogen-bond donors (Lipinski definition) is 1. The molecule has 2 amide bonds. The first-order valence-electron chi connectivity index (χ1n) is 9.13. The highest BCUT2D eigenvalue weighted by molar-refractivity contribution is 8.14. The first kappa shape index (κ1) is 21.3. The number of amidine groups is 1. The number of benzene rings is 2. The lowest BCUT2D eigenvalue weighted by atomic mass is 10.1. The molecular weight excluding hydrogens is 457 g/mol. The quantitative estimate of drug-likeness (QED) is 0.265. The number of rotatable bonds is 4. The monoisotopic (exact) mass is 471 g/mol. The van der Waals surface area contributed by atoms with Crippen LogP contribution in [-0.2, 0) is 9.59 Å². The number of nitrogens with two attached hydrogens (primary N) is 1. The Morgan fingerprint density at radius 3 is 2.84 bits per heavy atom. The lowest BCUT2D eigenvalue weighted by Crippen LogP contribution is -2.32. The third kappa shape index (κ3) is 4.56. The van der Waals surface area contributed by atoms with Crippen molar-refractivity contribution in [1.82, 2.24) is 4.98 Å². The zero-order valence-corrected chi connectivity index (χ0v) is 18.2. The fourth-order valence-electron chi connectivity index (χ4n) is 3.15. The van der Waals surface area contributed by atoms with Gasteiger partial charge in [0.05, 0.1) is 22.4 Å². The zero-order valence-electron chi connectivity index (χ0n) is 15.9. The van der Waals surface area contributed by atoms with Crippen LogP contribution in [-0.4, -0.2) is 33.4 Å². The highest BCUT2D eigenvalue weighted by Gasteiger charge is 2.41. The molecule has 1 fully saturated rings. The molecule has 3 aromatic rings. The molecule has 2 heterocycles. The van der Waals surface area contributed by atoms with Crippen LogP contribution >= 0.6 is 35.0 Å². The van der Waals surface area contributed by atoms with Gasteiger partial charge in [-0.2, -0.15) is 5.10 Å². The SMILES string of the molecule is NC(=N/N=C\c1ccnc2ccccc12)S[C@H]1CC(=O)N(c2cc(Cl)ccc2Cl)C1=O. The molecule has 1 aliphatic heterocycles. The zero-order chi connectivity index (χ0) is 22.0. The van der Waals surface area contributed by atoms with Gasteiger partial charge in [-0.1, -0.05) is 53.2 Å². The van der Waals surface area contributed by atoms with Crippen molar-refractivity contribution in [2.45, 2.75) is 11.7 Å². The molecule has 1 atom stereocenters. The standard InChI is InChI=1S/C21H15Cl2N5O2S/c22-13-5-6-15(23)17(9-13)28-19(29)10-18(20(28)30)31-21(24)27-26-11-12-7-8-25-16-4-2-1-3-14(12)16/h1-9,11,18H,10H2,(H2,24,27)/b26-11-/t18-/m0/s1. The van der Waals surface area contributed by atoms with Gasteiger partial charge in [0.15, 0.2) is 5.17 Å². The van der Waals surface area contributed by atoms with E-state index in [0.29, 0.717) is 5.02 Å². The number of aromatic nitrogens is 1. The molecular formula is C21H15Cl2N5O2S. The Hall–Kier alpha value is -2.94. The van der Waals surface area contributed by atoms with Gasteiger partial charge in [0.25, 0.3) is 0 Å². The van der Waals surface area contributed by atoms with Crippen LogP contribution in [0.4, 0.5) is 5.69 Å². The third-order valence-electron chi connectivity index (χ3n) is 4.55. The van der Waals surface area contributed by atoms with E-state index in [1.54, 1.807) is 18.5 Å². The van der Waals surface area contributed by atoms with E-state index < -0.39 is 11.2 Å². The van der Waals surface area contributed by atoms with E-state index in [1.165, 1.54) is 12.1 Å². The number of anilines is 1. The smallest absolute Gasteiger partial charge is 0.247 e. The first-order valence-corrected chi connectivity index (χ1v) is 10.8. The number of fused-ring (bicyclic) bond motifs is 1. The van der Waals surface area contributed by atoms with Crippen LogP contribution in [0.1, 0.15) is 12.0 Å². The fourth-order valence-corrected chi connectivity index (χ4v) is 4.34. The van der Waals surface area contributed by atoms with Crippen molar-refractivity contribution in [2.24, 2.45) is 15.9 Å². The van der Waals surface area contributed by atoms with Gasteiger partial charge in [-0.15, -0.1) is 5.10 Å². The third-order valence-corrected chi connectivity index (χ3v) is 6.08. The van der Waals surface area contributed by atoms with Crippen molar-refractivity contribution < 1.29 is 9.59 Å². The number of carbonyl (C=O) groups excluding carboxylic acids is 2. The summed E-state index contributed by atoms with van der Waals surface area (Å²) >= 11 is 13.1. The fraction of sp³-hybridized carbons (Fsp3) is 0.0952. The summed E-state index contributed by atoms with van der Waals surface area (Å²) in [6, 6.07) is 14.1. The predicted molar refractivity (Wildman–Crippen MR) is 126 cm³/mol. The van der Waals surface area contributed by atoms with Crippen molar-refractivity contribution in [2.75, 3.05) is 4.90 Å². The summed E-state index contributed by atoms with van der Waals surface area (Å²) in [5.74, 6) is -0.812. The highest BCUT2D eigenvalue weighted by Crippen LogP contribution is 2.35. The van der Waals surface area contributed by atoms with Crippen LogP contribution in [0.15, 0.2) is 64.9 Å². The molecule has 0 radical (unpaired) electrons. The normalized spacial score (nSPS) is 17.3. The van der Waals surface area contributed by atoms with Gasteiger partial charge in [0.2, 0.25) is 11.8 Å². The Labute approximate surface area is 191 Å². The molecule has 2 N–H and O–H groups in total. The molecule has 31 heavy (non-hydrogen) atoms. The molecule has 2 aromatic carbocycles. The number of para-hydroxylation sites is 1. The minimum Gasteiger partial charge on any atom is -0.377 e.